The van der Waals surface area contributed by atoms with Crippen LogP contribution in [-0.2, 0) is 4.74 Å². The highest BCUT2D eigenvalue weighted by atomic mass is 35.5. The average molecular weight is 312 g/mol. The normalized spacial score (nSPS) is 25.0. The van der Waals surface area contributed by atoms with Crippen molar-refractivity contribution in [1.29, 1.82) is 0 Å². The SMILES string of the molecule is CC(C)C1(CCNc2cncc(Cl)n2)CCOC(C)(C)C1. The molecule has 1 unspecified atom stereocenters. The molecule has 1 aliphatic rings. The van der Waals surface area contributed by atoms with Gasteiger partial charge in [0, 0.05) is 13.2 Å². The summed E-state index contributed by atoms with van der Waals surface area (Å²) >= 11 is 5.86. The van der Waals surface area contributed by atoms with Gasteiger partial charge in [0.15, 0.2) is 0 Å². The standard InChI is InChI=1S/C16H26ClN3O/c1-12(2)16(6-8-21-15(3,4)11-16)5-7-19-14-10-18-9-13(17)20-14/h9-10,12H,5-8,11H2,1-4H3,(H,19,20). The molecule has 118 valence electrons. The van der Waals surface area contributed by atoms with E-state index in [0.29, 0.717) is 16.5 Å². The fourth-order valence-electron chi connectivity index (χ4n) is 3.38. The molecule has 1 aromatic rings. The monoisotopic (exact) mass is 311 g/mol. The number of nitrogens with one attached hydrogen (secondary N) is 1. The van der Waals surface area contributed by atoms with Crippen molar-refractivity contribution >= 4 is 17.4 Å². The Morgan fingerprint density at radius 2 is 2.14 bits per heavy atom. The third-order valence-corrected chi connectivity index (χ3v) is 4.81. The molecule has 21 heavy (non-hydrogen) atoms. The molecule has 0 saturated carbocycles. The number of aromatic nitrogens is 2. The molecule has 0 spiro atoms. The summed E-state index contributed by atoms with van der Waals surface area (Å²) in [6.45, 7) is 10.8. The Bertz CT molecular complexity index is 478. The van der Waals surface area contributed by atoms with Crippen molar-refractivity contribution in [2.24, 2.45) is 11.3 Å². The van der Waals surface area contributed by atoms with Crippen molar-refractivity contribution in [2.75, 3.05) is 18.5 Å². The zero-order valence-electron chi connectivity index (χ0n) is 13.4. The predicted octanol–water partition coefficient (Wildman–Crippen LogP) is 4.16. The summed E-state index contributed by atoms with van der Waals surface area (Å²) in [7, 11) is 0. The van der Waals surface area contributed by atoms with Gasteiger partial charge in [0.2, 0.25) is 0 Å². The van der Waals surface area contributed by atoms with Crippen LogP contribution in [0, 0.1) is 11.3 Å². The summed E-state index contributed by atoms with van der Waals surface area (Å²) in [4.78, 5) is 8.27. The Kier molecular flexibility index (Phi) is 5.10. The second-order valence-electron chi connectivity index (χ2n) is 6.96. The molecule has 1 atom stereocenters. The highest BCUT2D eigenvalue weighted by Crippen LogP contribution is 2.46. The molecule has 1 aliphatic heterocycles. The van der Waals surface area contributed by atoms with Gasteiger partial charge in [0.05, 0.1) is 18.0 Å². The van der Waals surface area contributed by atoms with Gasteiger partial charge in [-0.3, -0.25) is 4.98 Å². The van der Waals surface area contributed by atoms with Crippen LogP contribution in [0.5, 0.6) is 0 Å². The summed E-state index contributed by atoms with van der Waals surface area (Å²) in [5.41, 5.74) is 0.291. The van der Waals surface area contributed by atoms with E-state index in [-0.39, 0.29) is 5.60 Å². The Labute approximate surface area is 132 Å². The number of nitrogens with zero attached hydrogens (tertiary/aromatic N) is 2. The molecular weight excluding hydrogens is 286 g/mol. The summed E-state index contributed by atoms with van der Waals surface area (Å²) in [5.74, 6) is 1.38. The molecule has 0 amide bonds. The molecule has 1 saturated heterocycles. The summed E-state index contributed by atoms with van der Waals surface area (Å²) in [6, 6.07) is 0. The molecule has 4 nitrogen and oxygen atoms in total. The largest absolute Gasteiger partial charge is 0.376 e. The van der Waals surface area contributed by atoms with Crippen LogP contribution in [-0.4, -0.2) is 28.7 Å². The maximum Gasteiger partial charge on any atom is 0.149 e. The first kappa shape index (κ1) is 16.5. The molecule has 1 aromatic heterocycles. The number of ether oxygens (including phenoxy) is 1. The van der Waals surface area contributed by atoms with Crippen molar-refractivity contribution in [1.82, 2.24) is 9.97 Å². The first-order chi connectivity index (χ1) is 9.83. The Morgan fingerprint density at radius 3 is 2.76 bits per heavy atom. The molecule has 0 aliphatic carbocycles. The molecule has 2 heterocycles. The van der Waals surface area contributed by atoms with Crippen LogP contribution in [0.2, 0.25) is 5.15 Å². The number of hydrogen-bond donors (Lipinski definition) is 1. The zero-order chi connectivity index (χ0) is 15.5. The highest BCUT2D eigenvalue weighted by Gasteiger charge is 2.42. The van der Waals surface area contributed by atoms with E-state index in [9.17, 15) is 0 Å². The van der Waals surface area contributed by atoms with Gasteiger partial charge in [-0.25, -0.2) is 4.98 Å². The van der Waals surface area contributed by atoms with E-state index in [1.165, 1.54) is 0 Å². The van der Waals surface area contributed by atoms with E-state index >= 15 is 0 Å². The molecule has 1 fully saturated rings. The number of halogens is 1. The second kappa shape index (κ2) is 6.49. The lowest BCUT2D eigenvalue weighted by Gasteiger charge is -2.47. The lowest BCUT2D eigenvalue weighted by molar-refractivity contribution is -0.120. The van der Waals surface area contributed by atoms with Crippen molar-refractivity contribution in [3.8, 4) is 0 Å². The van der Waals surface area contributed by atoms with E-state index in [0.717, 1.165) is 38.2 Å². The molecule has 0 radical (unpaired) electrons. The topological polar surface area (TPSA) is 47.0 Å². The van der Waals surface area contributed by atoms with Crippen molar-refractivity contribution in [3.05, 3.63) is 17.5 Å². The van der Waals surface area contributed by atoms with Crippen LogP contribution in [0.3, 0.4) is 0 Å². The summed E-state index contributed by atoms with van der Waals surface area (Å²) in [6.07, 6.45) is 6.58. The Morgan fingerprint density at radius 1 is 1.38 bits per heavy atom. The first-order valence-electron chi connectivity index (χ1n) is 7.68. The molecule has 5 heteroatoms. The van der Waals surface area contributed by atoms with Crippen LogP contribution in [0.1, 0.15) is 47.0 Å². The van der Waals surface area contributed by atoms with E-state index < -0.39 is 0 Å². The molecule has 1 N–H and O–H groups in total. The van der Waals surface area contributed by atoms with Gasteiger partial charge in [-0.05, 0) is 44.4 Å². The minimum absolute atomic E-state index is 0.0294. The van der Waals surface area contributed by atoms with E-state index in [2.05, 4.69) is 43.0 Å². The number of rotatable bonds is 5. The Hall–Kier alpha value is -0.870. The van der Waals surface area contributed by atoms with Gasteiger partial charge in [0.1, 0.15) is 11.0 Å². The third kappa shape index (κ3) is 4.30. The van der Waals surface area contributed by atoms with Crippen molar-refractivity contribution in [3.63, 3.8) is 0 Å². The van der Waals surface area contributed by atoms with Gasteiger partial charge in [-0.1, -0.05) is 25.4 Å². The van der Waals surface area contributed by atoms with Gasteiger partial charge in [0.25, 0.3) is 0 Å². The predicted molar refractivity (Wildman–Crippen MR) is 86.7 cm³/mol. The molecule has 0 bridgehead atoms. The van der Waals surface area contributed by atoms with Crippen molar-refractivity contribution < 1.29 is 4.74 Å². The number of anilines is 1. The molecular formula is C16H26ClN3O. The average Bonchev–Trinajstić information content (AvgIpc) is 2.37. The first-order valence-corrected chi connectivity index (χ1v) is 8.06. The lowest BCUT2D eigenvalue weighted by Crippen LogP contribution is -2.44. The van der Waals surface area contributed by atoms with Crippen LogP contribution < -0.4 is 5.32 Å². The van der Waals surface area contributed by atoms with Crippen LogP contribution in [0.15, 0.2) is 12.4 Å². The maximum absolute atomic E-state index is 5.89. The maximum atomic E-state index is 5.89. The fourth-order valence-corrected chi connectivity index (χ4v) is 3.53. The molecule has 0 aromatic carbocycles. The van der Waals surface area contributed by atoms with E-state index in [1.54, 1.807) is 12.4 Å². The second-order valence-corrected chi connectivity index (χ2v) is 7.34. The highest BCUT2D eigenvalue weighted by molar-refractivity contribution is 6.29. The Balaban J connectivity index is 1.97. The van der Waals surface area contributed by atoms with Gasteiger partial charge in [-0.15, -0.1) is 0 Å². The third-order valence-electron chi connectivity index (χ3n) is 4.63. The van der Waals surface area contributed by atoms with Gasteiger partial charge >= 0.3 is 0 Å². The smallest absolute Gasteiger partial charge is 0.149 e. The van der Waals surface area contributed by atoms with Gasteiger partial charge < -0.3 is 10.1 Å². The summed E-state index contributed by atoms with van der Waals surface area (Å²) in [5, 5.41) is 3.76. The number of hydrogen-bond acceptors (Lipinski definition) is 4. The fraction of sp³-hybridized carbons (Fsp3) is 0.750. The lowest BCUT2D eigenvalue weighted by atomic mass is 9.65. The van der Waals surface area contributed by atoms with Gasteiger partial charge in [-0.2, -0.15) is 0 Å². The van der Waals surface area contributed by atoms with Crippen LogP contribution in [0.4, 0.5) is 5.82 Å². The van der Waals surface area contributed by atoms with Crippen molar-refractivity contribution in [2.45, 2.75) is 52.6 Å². The van der Waals surface area contributed by atoms with E-state index in [1.807, 2.05) is 0 Å². The zero-order valence-corrected chi connectivity index (χ0v) is 14.2. The van der Waals surface area contributed by atoms with E-state index in [4.69, 9.17) is 16.3 Å². The molecule has 2 rings (SSSR count). The minimum atomic E-state index is -0.0294. The van der Waals surface area contributed by atoms with Crippen LogP contribution >= 0.6 is 11.6 Å². The quantitative estimate of drug-likeness (QED) is 0.887. The van der Waals surface area contributed by atoms with Crippen LogP contribution in [0.25, 0.3) is 0 Å². The summed E-state index contributed by atoms with van der Waals surface area (Å²) < 4.78 is 5.89. The minimum Gasteiger partial charge on any atom is -0.376 e.